The Morgan fingerprint density at radius 3 is 2.65 bits per heavy atom. The van der Waals surface area contributed by atoms with E-state index in [0.29, 0.717) is 21.2 Å². The summed E-state index contributed by atoms with van der Waals surface area (Å²) in [5.41, 5.74) is 1.99. The first-order chi connectivity index (χ1) is 11.1. The minimum absolute atomic E-state index is 0.0353. The number of aromatic amines is 1. The van der Waals surface area contributed by atoms with Gasteiger partial charge in [0.05, 0.1) is 10.0 Å². The Morgan fingerprint density at radius 1 is 1.13 bits per heavy atom. The van der Waals surface area contributed by atoms with Crippen LogP contribution in [0, 0.1) is 11.3 Å². The molecule has 0 amide bonds. The molecule has 1 aromatic heterocycles. The summed E-state index contributed by atoms with van der Waals surface area (Å²) in [7, 11) is 0. The number of ketones is 1. The van der Waals surface area contributed by atoms with Gasteiger partial charge in [-0.25, -0.2) is 0 Å². The third-order valence-electron chi connectivity index (χ3n) is 3.45. The number of nitriles is 1. The van der Waals surface area contributed by atoms with Crippen LogP contribution in [0.5, 0.6) is 0 Å². The number of aromatic nitrogens is 1. The molecule has 0 radical (unpaired) electrons. The Kier molecular flexibility index (Phi) is 4.20. The second-order valence-electron chi connectivity index (χ2n) is 4.92. The number of Topliss-reactive ketones (excluding diaryl/α,β-unsaturated/α-hetero) is 1. The molecule has 3 rings (SSSR count). The lowest BCUT2D eigenvalue weighted by Gasteiger charge is -2.00. The number of nitrogens with one attached hydrogen (secondary N) is 1. The molecule has 0 aliphatic rings. The lowest BCUT2D eigenvalue weighted by Crippen LogP contribution is -2.01. The second kappa shape index (κ2) is 6.29. The minimum atomic E-state index is -0.337. The fourth-order valence-electron chi connectivity index (χ4n) is 2.32. The molecule has 0 unspecified atom stereocenters. The van der Waals surface area contributed by atoms with Gasteiger partial charge >= 0.3 is 0 Å². The van der Waals surface area contributed by atoms with Crippen molar-refractivity contribution < 1.29 is 4.79 Å². The number of allylic oxidation sites excluding steroid dienone is 1. The van der Waals surface area contributed by atoms with Crippen molar-refractivity contribution in [3.63, 3.8) is 0 Å². The number of fused-ring (bicyclic) bond motifs is 1. The van der Waals surface area contributed by atoms with E-state index in [1.807, 2.05) is 30.3 Å². The van der Waals surface area contributed by atoms with Gasteiger partial charge in [0.1, 0.15) is 11.6 Å². The number of hydrogen-bond acceptors (Lipinski definition) is 2. The molecule has 3 nitrogen and oxygen atoms in total. The average molecular weight is 341 g/mol. The van der Waals surface area contributed by atoms with Gasteiger partial charge in [-0.1, -0.05) is 47.5 Å². The lowest BCUT2D eigenvalue weighted by molar-refractivity contribution is 0.104. The molecule has 0 bridgehead atoms. The predicted molar refractivity (Wildman–Crippen MR) is 92.7 cm³/mol. The zero-order chi connectivity index (χ0) is 16.4. The Labute approximate surface area is 142 Å². The summed E-state index contributed by atoms with van der Waals surface area (Å²) < 4.78 is 0. The first-order valence-corrected chi connectivity index (χ1v) is 7.53. The average Bonchev–Trinajstić information content (AvgIpc) is 2.99. The van der Waals surface area contributed by atoms with E-state index in [4.69, 9.17) is 23.2 Å². The van der Waals surface area contributed by atoms with Gasteiger partial charge in [0.25, 0.3) is 0 Å². The highest BCUT2D eigenvalue weighted by atomic mass is 35.5. The van der Waals surface area contributed by atoms with Crippen molar-refractivity contribution in [2.24, 2.45) is 0 Å². The van der Waals surface area contributed by atoms with Crippen LogP contribution in [0.4, 0.5) is 0 Å². The third kappa shape index (κ3) is 3.00. The van der Waals surface area contributed by atoms with Gasteiger partial charge in [-0.2, -0.15) is 5.26 Å². The van der Waals surface area contributed by atoms with Crippen LogP contribution in [0.3, 0.4) is 0 Å². The van der Waals surface area contributed by atoms with Gasteiger partial charge in [-0.3, -0.25) is 4.79 Å². The quantitative estimate of drug-likeness (QED) is 0.401. The van der Waals surface area contributed by atoms with Crippen LogP contribution < -0.4 is 0 Å². The molecule has 1 N–H and O–H groups in total. The molecular weight excluding hydrogens is 331 g/mol. The van der Waals surface area contributed by atoms with Crippen LogP contribution >= 0.6 is 23.2 Å². The van der Waals surface area contributed by atoms with E-state index in [1.165, 1.54) is 6.08 Å². The SMILES string of the molecule is N#C/C(=C\c1ccc(Cl)c(Cl)c1)C(=O)c1c[nH]c2ccccc12. The van der Waals surface area contributed by atoms with E-state index in [1.54, 1.807) is 24.4 Å². The number of hydrogen-bond donors (Lipinski definition) is 1. The first-order valence-electron chi connectivity index (χ1n) is 6.78. The fraction of sp³-hybridized carbons (Fsp3) is 0. The van der Waals surface area contributed by atoms with E-state index >= 15 is 0 Å². The molecule has 0 spiro atoms. The molecule has 23 heavy (non-hydrogen) atoms. The van der Waals surface area contributed by atoms with Crippen LogP contribution in [0.25, 0.3) is 17.0 Å². The summed E-state index contributed by atoms with van der Waals surface area (Å²) in [5.74, 6) is -0.337. The number of benzene rings is 2. The smallest absolute Gasteiger partial charge is 0.205 e. The van der Waals surface area contributed by atoms with Crippen molar-refractivity contribution in [3.05, 3.63) is 75.4 Å². The van der Waals surface area contributed by atoms with Gasteiger partial charge in [0, 0.05) is 22.7 Å². The summed E-state index contributed by atoms with van der Waals surface area (Å²) in [6.45, 7) is 0. The molecule has 3 aromatic rings. The van der Waals surface area contributed by atoms with Gasteiger partial charge < -0.3 is 4.98 Å². The van der Waals surface area contributed by atoms with E-state index in [-0.39, 0.29) is 11.4 Å². The van der Waals surface area contributed by atoms with Crippen molar-refractivity contribution >= 4 is 46.0 Å². The molecular formula is C18H10Cl2N2O. The van der Waals surface area contributed by atoms with E-state index < -0.39 is 0 Å². The van der Waals surface area contributed by atoms with Crippen molar-refractivity contribution in [1.82, 2.24) is 4.98 Å². The van der Waals surface area contributed by atoms with E-state index in [9.17, 15) is 10.1 Å². The number of rotatable bonds is 3. The number of para-hydroxylation sites is 1. The van der Waals surface area contributed by atoms with E-state index in [0.717, 1.165) is 10.9 Å². The summed E-state index contributed by atoms with van der Waals surface area (Å²) >= 11 is 11.8. The topological polar surface area (TPSA) is 56.6 Å². The molecule has 0 saturated heterocycles. The van der Waals surface area contributed by atoms with Gasteiger partial charge in [-0.05, 0) is 29.8 Å². The number of carbonyl (C=O) groups is 1. The van der Waals surface area contributed by atoms with Crippen LogP contribution in [0.2, 0.25) is 10.0 Å². The Morgan fingerprint density at radius 2 is 1.91 bits per heavy atom. The highest BCUT2D eigenvalue weighted by Gasteiger charge is 2.16. The highest BCUT2D eigenvalue weighted by Crippen LogP contribution is 2.25. The van der Waals surface area contributed by atoms with Crippen LogP contribution in [-0.4, -0.2) is 10.8 Å². The maximum absolute atomic E-state index is 12.6. The van der Waals surface area contributed by atoms with Crippen LogP contribution in [0.1, 0.15) is 15.9 Å². The fourth-order valence-corrected chi connectivity index (χ4v) is 2.63. The molecule has 0 atom stereocenters. The zero-order valence-electron chi connectivity index (χ0n) is 11.8. The zero-order valence-corrected chi connectivity index (χ0v) is 13.3. The van der Waals surface area contributed by atoms with Crippen molar-refractivity contribution in [1.29, 1.82) is 5.26 Å². The summed E-state index contributed by atoms with van der Waals surface area (Å²) in [6, 6.07) is 14.3. The van der Waals surface area contributed by atoms with Gasteiger partial charge in [-0.15, -0.1) is 0 Å². The number of H-pyrrole nitrogens is 1. The minimum Gasteiger partial charge on any atom is -0.360 e. The lowest BCUT2D eigenvalue weighted by atomic mass is 10.0. The Bertz CT molecular complexity index is 980. The van der Waals surface area contributed by atoms with Crippen molar-refractivity contribution in [2.75, 3.05) is 0 Å². The maximum atomic E-state index is 12.6. The summed E-state index contributed by atoms with van der Waals surface area (Å²) in [6.07, 6.45) is 3.12. The molecule has 0 aliphatic heterocycles. The number of carbonyl (C=O) groups excluding carboxylic acids is 1. The van der Waals surface area contributed by atoms with Gasteiger partial charge in [0.15, 0.2) is 0 Å². The maximum Gasteiger partial charge on any atom is 0.205 e. The normalized spacial score (nSPS) is 11.4. The molecule has 2 aromatic carbocycles. The predicted octanol–water partition coefficient (Wildman–Crippen LogP) is 5.26. The molecule has 0 aliphatic carbocycles. The first kappa shape index (κ1) is 15.4. The van der Waals surface area contributed by atoms with Crippen molar-refractivity contribution in [3.8, 4) is 6.07 Å². The third-order valence-corrected chi connectivity index (χ3v) is 4.19. The summed E-state index contributed by atoms with van der Waals surface area (Å²) in [5, 5.41) is 10.9. The molecule has 0 fully saturated rings. The van der Waals surface area contributed by atoms with Crippen LogP contribution in [0.15, 0.2) is 54.2 Å². The Hall–Kier alpha value is -2.54. The summed E-state index contributed by atoms with van der Waals surface area (Å²) in [4.78, 5) is 15.7. The standard InChI is InChI=1S/C18H10Cl2N2O/c19-15-6-5-11(8-16(15)20)7-12(9-21)18(23)14-10-22-17-4-2-1-3-13(14)17/h1-8,10,22H/b12-7+. The van der Waals surface area contributed by atoms with Gasteiger partial charge in [0.2, 0.25) is 5.78 Å². The molecule has 112 valence electrons. The van der Waals surface area contributed by atoms with Crippen LogP contribution in [-0.2, 0) is 0 Å². The molecule has 0 saturated carbocycles. The number of nitrogens with zero attached hydrogens (tertiary/aromatic N) is 1. The molecule has 5 heteroatoms. The molecule has 1 heterocycles. The number of halogens is 2. The largest absolute Gasteiger partial charge is 0.360 e. The highest BCUT2D eigenvalue weighted by molar-refractivity contribution is 6.42. The Balaban J connectivity index is 2.03. The van der Waals surface area contributed by atoms with E-state index in [2.05, 4.69) is 4.98 Å². The van der Waals surface area contributed by atoms with Crippen molar-refractivity contribution in [2.45, 2.75) is 0 Å². The monoisotopic (exact) mass is 340 g/mol. The second-order valence-corrected chi connectivity index (χ2v) is 5.73.